The van der Waals surface area contributed by atoms with Crippen molar-refractivity contribution in [3.63, 3.8) is 0 Å². The molecule has 8 aliphatic heterocycles. The second kappa shape index (κ2) is 39.9. The van der Waals surface area contributed by atoms with Gasteiger partial charge in [0.1, 0.15) is 89.5 Å². The molecule has 13 rings (SSSR count). The van der Waals surface area contributed by atoms with Crippen molar-refractivity contribution in [3.05, 3.63) is 117 Å². The molecule has 0 unspecified atom stereocenters. The molecule has 0 aromatic heterocycles. The number of aliphatic hydroxyl groups excluding tert-OH is 6. The first-order valence-corrected chi connectivity index (χ1v) is 41.3. The number of phenolic OH excluding ortho intramolecular Hbond substituents is 3. The molecule has 37 nitrogen and oxygen atoms in total. The van der Waals surface area contributed by atoms with Crippen LogP contribution in [0.3, 0.4) is 0 Å². The van der Waals surface area contributed by atoms with Crippen molar-refractivity contribution >= 4 is 58.9 Å². The number of ether oxygens (including phenoxy) is 8. The number of likely N-dealkylation sites (N-methyl/N-ethyl adjacent to an activating group) is 1. The largest absolute Gasteiger partial charge is 0.507 e. The lowest BCUT2D eigenvalue weighted by Crippen LogP contribution is -2.64. The van der Waals surface area contributed by atoms with E-state index in [1.807, 2.05) is 13.8 Å². The molecule has 5 aromatic rings. The number of amides is 7. The standard InChI is InChI=1S/C84H112ClN11O26/c1-9-10-11-12-13-14-15-16-25-90-35-47-52(99)31-46-60(67(47)102)45-27-41(19-23-51(45)98)61-77(109)96-65(80(112)94-63(46)81(113)114)70(120-58-33-83(6,87)73(105)38(4)115-58)40-17-21-44(22-18-40)117-54-29-43-30-55(71(54)122-82-72(69(104)68(103)56(36-97)119-82)121-59-34-84(7,88)74(106)39(5)116-59)118-53-24-20-42(28-48(53)85)66(101)64(95-75(107)49(89-8)26-37(2)3)79(111)91-50(32-57(86)100)76(108)92-62(43)78(110)93-61/h17-24,27-31,37-39,49-50,56,58-59,61-66,68-70,72-74,82,89-90,97-99,101-106H,9-16,25-26,32-36,87-88H2,1-8H3,(H2,86,100)(H,91,111)(H,92,108)(H,93,110)(H,94,112)(H,95,107)(H,96,109)(H,113,114)/t38-,39-,49+,50-,56+,58-,59-,61+,62+,63-,64+,65-,66+,68+,69-,70+,72+,73-,74-,82-,83-,84-/m0/s1. The number of phenols is 3. The number of halogens is 1. The number of benzene rings is 5. The number of unbranched alkanes of at least 4 members (excludes halogenated alkanes) is 7. The SMILES string of the molecule is CCCCCCCCCCNCc1c(O)cc2c(c1O)-c1cc(ccc1O)[C@H]1NC(=O)[C@@H]3NC(=O)[C@H](CC(N)=O)NC(=O)[C@H](NC(=O)[C@@H](CC(C)C)NC)[C@H](O)c4ccc(c(Cl)c4)Oc4cc3cc(c4O[C@@H]3O[C@H](CO)[C@@H](O)[C@H](O)[C@H]3O[C@H]3C[C@](C)(N)[C@@H](O)[C@H](C)O3)Oc3ccc(cc3)[C@@H](O[C@H]3C[C@](C)(N)[C@@H](O)[C@H](C)O3)[C@H](NC1=O)C(=O)N[C@@H]2C(=O)O. The fourth-order valence-electron chi connectivity index (χ4n) is 16.1. The minimum atomic E-state index is -2.36. The Balaban J connectivity index is 1.16. The van der Waals surface area contributed by atoms with Gasteiger partial charge < -0.3 is 149 Å². The van der Waals surface area contributed by atoms with Crippen LogP contribution in [0.4, 0.5) is 0 Å². The number of carboxylic acid groups (broad SMARTS) is 1. The number of aliphatic hydroxyl groups is 6. The third-order valence-electron chi connectivity index (χ3n) is 22.9. The molecule has 38 heteroatoms. The van der Waals surface area contributed by atoms with Crippen molar-refractivity contribution in [2.24, 2.45) is 23.1 Å². The molecule has 11 bridgehead atoms. The number of carbonyl (C=O) groups is 8. The van der Waals surface area contributed by atoms with Gasteiger partial charge in [-0.25, -0.2) is 4.79 Å². The van der Waals surface area contributed by atoms with Gasteiger partial charge in [-0.05, 0) is 137 Å². The van der Waals surface area contributed by atoms with E-state index in [9.17, 15) is 65.4 Å². The number of carbonyl (C=O) groups excluding carboxylic acids is 7. The van der Waals surface area contributed by atoms with Gasteiger partial charge in [0.15, 0.2) is 36.2 Å². The summed E-state index contributed by atoms with van der Waals surface area (Å²) < 4.78 is 52.1. The molecule has 0 spiro atoms. The first-order chi connectivity index (χ1) is 57.8. The minimum absolute atomic E-state index is 0.0382. The number of aliphatic carboxylic acids is 1. The molecule has 5 aromatic carbocycles. The number of aromatic hydroxyl groups is 3. The van der Waals surface area contributed by atoms with Crippen molar-refractivity contribution in [1.29, 1.82) is 0 Å². The van der Waals surface area contributed by atoms with Crippen LogP contribution < -0.4 is 73.9 Å². The van der Waals surface area contributed by atoms with Gasteiger partial charge in [0.25, 0.3) is 0 Å². The Morgan fingerprint density at radius 1 is 0.664 bits per heavy atom. The Labute approximate surface area is 708 Å². The molecular weight excluding hydrogens is 1610 g/mol. The molecule has 0 aliphatic carbocycles. The average Bonchev–Trinajstić information content (AvgIpc) is 0.760. The molecular formula is C84H112ClN11O26. The van der Waals surface area contributed by atoms with E-state index in [1.54, 1.807) is 0 Å². The monoisotopic (exact) mass is 1730 g/mol. The molecule has 0 saturated carbocycles. The van der Waals surface area contributed by atoms with E-state index in [-0.39, 0.29) is 70.5 Å². The average molecular weight is 1730 g/mol. The first kappa shape index (κ1) is 93.1. The summed E-state index contributed by atoms with van der Waals surface area (Å²) in [6.07, 6.45) is -14.5. The van der Waals surface area contributed by atoms with Crippen molar-refractivity contribution in [2.45, 2.75) is 265 Å². The summed E-state index contributed by atoms with van der Waals surface area (Å²) in [6.45, 7) is 11.0. The van der Waals surface area contributed by atoms with Crippen LogP contribution in [0.5, 0.6) is 46.0 Å². The fourth-order valence-corrected chi connectivity index (χ4v) is 16.3. The van der Waals surface area contributed by atoms with Crippen molar-refractivity contribution in [3.8, 4) is 57.1 Å². The third-order valence-corrected chi connectivity index (χ3v) is 23.2. The number of carboxylic acids is 1. The predicted molar refractivity (Wildman–Crippen MR) is 435 cm³/mol. The van der Waals surface area contributed by atoms with Gasteiger partial charge >= 0.3 is 5.97 Å². The Morgan fingerprint density at radius 2 is 1.26 bits per heavy atom. The highest BCUT2D eigenvalue weighted by Gasteiger charge is 2.53. The zero-order valence-corrected chi connectivity index (χ0v) is 69.6. The highest BCUT2D eigenvalue weighted by Crippen LogP contribution is 2.51. The van der Waals surface area contributed by atoms with Crippen molar-refractivity contribution < 1.29 is 127 Å². The molecule has 24 N–H and O–H groups in total. The van der Waals surface area contributed by atoms with Crippen LogP contribution in [0.1, 0.15) is 189 Å². The number of fused-ring (bicyclic) bond motifs is 15. The van der Waals surface area contributed by atoms with Gasteiger partial charge in [0, 0.05) is 47.2 Å². The summed E-state index contributed by atoms with van der Waals surface area (Å²) in [5, 5.41) is 139. The van der Waals surface area contributed by atoms with Crippen LogP contribution in [-0.2, 0) is 68.6 Å². The number of hydrogen-bond donors (Lipinski definition) is 21. The summed E-state index contributed by atoms with van der Waals surface area (Å²) in [6, 6.07) is 0.989. The molecule has 666 valence electrons. The maximum absolute atomic E-state index is 16.6. The summed E-state index contributed by atoms with van der Waals surface area (Å²) in [5.74, 6) is -15.3. The van der Waals surface area contributed by atoms with E-state index in [2.05, 4.69) is 49.5 Å². The van der Waals surface area contributed by atoms with Crippen LogP contribution in [0.25, 0.3) is 11.1 Å². The lowest BCUT2D eigenvalue weighted by atomic mass is 9.86. The molecule has 7 amide bonds. The van der Waals surface area contributed by atoms with E-state index >= 15 is 24.0 Å². The van der Waals surface area contributed by atoms with Crippen LogP contribution in [0, 0.1) is 5.92 Å². The van der Waals surface area contributed by atoms with Crippen LogP contribution in [-0.4, -0.2) is 222 Å². The first-order valence-electron chi connectivity index (χ1n) is 40.9. The lowest BCUT2D eigenvalue weighted by molar-refractivity contribution is -0.333. The zero-order valence-electron chi connectivity index (χ0n) is 68.9. The van der Waals surface area contributed by atoms with E-state index in [1.165, 1.54) is 71.1 Å². The van der Waals surface area contributed by atoms with Crippen LogP contribution >= 0.6 is 11.6 Å². The Hall–Kier alpha value is -9.65. The lowest BCUT2D eigenvalue weighted by Gasteiger charge is -2.47. The summed E-state index contributed by atoms with van der Waals surface area (Å²) in [4.78, 5) is 122. The summed E-state index contributed by atoms with van der Waals surface area (Å²) in [7, 11) is 1.48. The highest BCUT2D eigenvalue weighted by molar-refractivity contribution is 6.32. The van der Waals surface area contributed by atoms with Gasteiger partial charge in [0.05, 0.1) is 54.1 Å². The number of nitrogens with two attached hydrogens (primary N) is 3. The van der Waals surface area contributed by atoms with E-state index < -0.39 is 250 Å². The Kier molecular flexibility index (Phi) is 30.4. The zero-order chi connectivity index (χ0) is 88.7. The normalized spacial score (nSPS) is 30.2. The number of nitrogens with one attached hydrogen (secondary N) is 8. The summed E-state index contributed by atoms with van der Waals surface area (Å²) in [5.41, 5.74) is 13.6. The molecule has 8 aliphatic rings. The third kappa shape index (κ3) is 21.4. The van der Waals surface area contributed by atoms with Gasteiger partial charge in [-0.3, -0.25) is 33.6 Å². The highest BCUT2D eigenvalue weighted by atomic mass is 35.5. The number of hydrogen-bond acceptors (Lipinski definition) is 29. The number of primary amides is 1. The van der Waals surface area contributed by atoms with Gasteiger partial charge in [-0.2, -0.15) is 0 Å². The van der Waals surface area contributed by atoms with Gasteiger partial charge in [-0.15, -0.1) is 0 Å². The van der Waals surface area contributed by atoms with E-state index in [4.69, 9.17) is 66.7 Å². The number of rotatable bonds is 26. The second-order valence-electron chi connectivity index (χ2n) is 33.0. The Morgan fingerprint density at radius 3 is 1.87 bits per heavy atom. The fraction of sp³-hybridized carbons (Fsp3) is 0.548. The van der Waals surface area contributed by atoms with Crippen LogP contribution in [0.15, 0.2) is 78.9 Å². The smallest absolute Gasteiger partial charge is 0.330 e. The molecule has 0 radical (unpaired) electrons. The maximum Gasteiger partial charge on any atom is 0.330 e. The molecule has 3 saturated heterocycles. The van der Waals surface area contributed by atoms with E-state index in [0.717, 1.165) is 87.4 Å². The van der Waals surface area contributed by atoms with Crippen LogP contribution in [0.2, 0.25) is 5.02 Å². The van der Waals surface area contributed by atoms with Gasteiger partial charge in [-0.1, -0.05) is 102 Å². The topological polar surface area (TPSA) is 587 Å². The molecule has 122 heavy (non-hydrogen) atoms. The predicted octanol–water partition coefficient (Wildman–Crippen LogP) is 2.92. The van der Waals surface area contributed by atoms with Gasteiger partial charge in [0.2, 0.25) is 53.4 Å². The molecule has 8 heterocycles. The molecule has 22 atom stereocenters. The molecule has 3 fully saturated rings. The summed E-state index contributed by atoms with van der Waals surface area (Å²) >= 11 is 7.19. The minimum Gasteiger partial charge on any atom is -0.507 e. The van der Waals surface area contributed by atoms with E-state index in [0.29, 0.717) is 13.0 Å². The maximum atomic E-state index is 16.6. The van der Waals surface area contributed by atoms with Crippen molar-refractivity contribution in [1.82, 2.24) is 42.5 Å². The Bertz CT molecular complexity index is 4620. The second-order valence-corrected chi connectivity index (χ2v) is 33.4. The quantitative estimate of drug-likeness (QED) is 0.0354. The van der Waals surface area contributed by atoms with Crippen molar-refractivity contribution in [2.75, 3.05) is 20.2 Å².